The van der Waals surface area contributed by atoms with Crippen molar-refractivity contribution in [1.29, 1.82) is 0 Å². The topological polar surface area (TPSA) is 3.24 Å². The number of thiophene rings is 1. The van der Waals surface area contributed by atoms with Gasteiger partial charge in [-0.05, 0) is 54.2 Å². The van der Waals surface area contributed by atoms with E-state index in [4.69, 9.17) is 0 Å². The molecule has 1 nitrogen and oxygen atoms in total. The molecule has 0 aliphatic carbocycles. The van der Waals surface area contributed by atoms with Gasteiger partial charge in [-0.15, -0.1) is 11.3 Å². The average Bonchev–Trinajstić information content (AvgIpc) is 2.53. The van der Waals surface area contributed by atoms with E-state index in [0.29, 0.717) is 0 Å². The first kappa shape index (κ1) is 9.53. The van der Waals surface area contributed by atoms with E-state index in [1.807, 2.05) is 11.3 Å². The summed E-state index contributed by atoms with van der Waals surface area (Å²) in [5.74, 6) is 0. The Kier molecular flexibility index (Phi) is 2.94. The molecule has 72 valence electrons. The summed E-state index contributed by atoms with van der Waals surface area (Å²) in [7, 11) is 0. The van der Waals surface area contributed by atoms with Gasteiger partial charge in [0.1, 0.15) is 0 Å². The summed E-state index contributed by atoms with van der Waals surface area (Å²) in [5, 5.41) is 1.42. The zero-order chi connectivity index (χ0) is 9.26. The molecule has 0 spiro atoms. The van der Waals surface area contributed by atoms with Crippen LogP contribution < -0.4 is 4.90 Å². The van der Waals surface area contributed by atoms with Crippen LogP contribution in [0, 0.1) is 0 Å². The third-order valence-corrected chi connectivity index (χ3v) is 4.31. The van der Waals surface area contributed by atoms with E-state index in [2.05, 4.69) is 39.9 Å². The third-order valence-electron chi connectivity index (χ3n) is 2.65. The lowest BCUT2D eigenvalue weighted by Crippen LogP contribution is -2.36. The lowest BCUT2D eigenvalue weighted by Gasteiger charge is -2.34. The molecule has 0 bridgehead atoms. The molecular formula is C10H14BrNS. The third kappa shape index (κ3) is 2.08. The Morgan fingerprint density at radius 2 is 2.31 bits per heavy atom. The van der Waals surface area contributed by atoms with E-state index in [1.54, 1.807) is 0 Å². The van der Waals surface area contributed by atoms with Crippen LogP contribution >= 0.6 is 27.3 Å². The second-order valence-electron chi connectivity index (χ2n) is 3.62. The van der Waals surface area contributed by atoms with Crippen LogP contribution in [0.3, 0.4) is 0 Å². The van der Waals surface area contributed by atoms with Gasteiger partial charge in [-0.25, -0.2) is 0 Å². The summed E-state index contributed by atoms with van der Waals surface area (Å²) in [6.07, 6.45) is 4.08. The first-order chi connectivity index (χ1) is 6.27. The van der Waals surface area contributed by atoms with Crippen LogP contribution in [0.5, 0.6) is 0 Å². The predicted octanol–water partition coefficient (Wildman–Crippen LogP) is 3.89. The Balaban J connectivity index is 2.14. The highest BCUT2D eigenvalue weighted by molar-refractivity contribution is 9.11. The van der Waals surface area contributed by atoms with Crippen molar-refractivity contribution in [2.24, 2.45) is 0 Å². The Morgan fingerprint density at radius 3 is 2.92 bits per heavy atom. The summed E-state index contributed by atoms with van der Waals surface area (Å²) >= 11 is 5.35. The summed E-state index contributed by atoms with van der Waals surface area (Å²) in [6, 6.07) is 5.08. The molecule has 1 aromatic rings. The molecule has 13 heavy (non-hydrogen) atoms. The highest BCUT2D eigenvalue weighted by atomic mass is 79.9. The molecule has 2 heterocycles. The summed E-state index contributed by atoms with van der Waals surface area (Å²) in [5.41, 5.74) is 0. The van der Waals surface area contributed by atoms with Crippen LogP contribution in [-0.2, 0) is 0 Å². The minimum absolute atomic E-state index is 0.722. The fourth-order valence-electron chi connectivity index (χ4n) is 1.88. The van der Waals surface area contributed by atoms with Crippen molar-refractivity contribution >= 4 is 32.3 Å². The highest BCUT2D eigenvalue weighted by Crippen LogP contribution is 2.33. The van der Waals surface area contributed by atoms with E-state index in [0.717, 1.165) is 6.04 Å². The fourth-order valence-corrected chi connectivity index (χ4v) is 3.37. The minimum Gasteiger partial charge on any atom is -0.361 e. The first-order valence-electron chi connectivity index (χ1n) is 4.79. The Bertz CT molecular complexity index is 284. The van der Waals surface area contributed by atoms with Gasteiger partial charge in [0.2, 0.25) is 0 Å². The van der Waals surface area contributed by atoms with Gasteiger partial charge in [-0.1, -0.05) is 0 Å². The van der Waals surface area contributed by atoms with Crippen molar-refractivity contribution < 1.29 is 0 Å². The Labute approximate surface area is 91.9 Å². The normalized spacial score (nSPS) is 23.5. The van der Waals surface area contributed by atoms with Crippen molar-refractivity contribution in [3.63, 3.8) is 0 Å². The molecular weight excluding hydrogens is 246 g/mol. The van der Waals surface area contributed by atoms with Gasteiger partial charge in [0.05, 0.1) is 8.79 Å². The number of nitrogens with zero attached hydrogens (tertiary/aromatic N) is 1. The molecule has 1 aromatic heterocycles. The smallest absolute Gasteiger partial charge is 0.0922 e. The quantitative estimate of drug-likeness (QED) is 0.740. The van der Waals surface area contributed by atoms with E-state index >= 15 is 0 Å². The fraction of sp³-hybridized carbons (Fsp3) is 0.600. The van der Waals surface area contributed by atoms with Crippen molar-refractivity contribution in [2.75, 3.05) is 11.4 Å². The molecule has 1 atom stereocenters. The van der Waals surface area contributed by atoms with Gasteiger partial charge in [-0.3, -0.25) is 0 Å². The molecule has 1 aliphatic rings. The maximum Gasteiger partial charge on any atom is 0.0922 e. The van der Waals surface area contributed by atoms with Gasteiger partial charge in [0, 0.05) is 12.6 Å². The van der Waals surface area contributed by atoms with Crippen LogP contribution in [0.2, 0.25) is 0 Å². The minimum atomic E-state index is 0.722. The van der Waals surface area contributed by atoms with Crippen molar-refractivity contribution in [3.05, 3.63) is 15.9 Å². The molecule has 2 rings (SSSR count). The molecule has 0 radical (unpaired) electrons. The van der Waals surface area contributed by atoms with Gasteiger partial charge < -0.3 is 4.90 Å². The standard InChI is InChI=1S/C10H14BrNS/c1-8-4-2-3-7-12(8)10-6-5-9(11)13-10/h5-6,8H,2-4,7H2,1H3. The lowest BCUT2D eigenvalue weighted by molar-refractivity contribution is 0.487. The zero-order valence-corrected chi connectivity index (χ0v) is 10.2. The van der Waals surface area contributed by atoms with Gasteiger partial charge in [-0.2, -0.15) is 0 Å². The van der Waals surface area contributed by atoms with Crippen molar-refractivity contribution in [2.45, 2.75) is 32.2 Å². The molecule has 1 saturated heterocycles. The number of rotatable bonds is 1. The second kappa shape index (κ2) is 4.01. The largest absolute Gasteiger partial charge is 0.361 e. The monoisotopic (exact) mass is 259 g/mol. The molecule has 0 amide bonds. The summed E-state index contributed by atoms with van der Waals surface area (Å²) in [4.78, 5) is 2.53. The SMILES string of the molecule is CC1CCCCN1c1ccc(Br)s1. The van der Waals surface area contributed by atoms with Gasteiger partial charge >= 0.3 is 0 Å². The summed E-state index contributed by atoms with van der Waals surface area (Å²) in [6.45, 7) is 3.56. The molecule has 0 saturated carbocycles. The first-order valence-corrected chi connectivity index (χ1v) is 6.40. The van der Waals surface area contributed by atoms with Gasteiger partial charge in [0.25, 0.3) is 0 Å². The number of hydrogen-bond donors (Lipinski definition) is 0. The van der Waals surface area contributed by atoms with Crippen LogP contribution in [0.1, 0.15) is 26.2 Å². The highest BCUT2D eigenvalue weighted by Gasteiger charge is 2.19. The van der Waals surface area contributed by atoms with E-state index in [-0.39, 0.29) is 0 Å². The number of piperidine rings is 1. The number of hydrogen-bond acceptors (Lipinski definition) is 2. The summed E-state index contributed by atoms with van der Waals surface area (Å²) < 4.78 is 1.24. The van der Waals surface area contributed by atoms with Crippen LogP contribution in [0.25, 0.3) is 0 Å². The van der Waals surface area contributed by atoms with Crippen LogP contribution in [-0.4, -0.2) is 12.6 Å². The second-order valence-corrected chi connectivity index (χ2v) is 6.06. The number of anilines is 1. The van der Waals surface area contributed by atoms with E-state index in [9.17, 15) is 0 Å². The molecule has 3 heteroatoms. The number of halogens is 1. The average molecular weight is 260 g/mol. The molecule has 0 N–H and O–H groups in total. The van der Waals surface area contributed by atoms with Gasteiger partial charge in [0.15, 0.2) is 0 Å². The lowest BCUT2D eigenvalue weighted by atomic mass is 10.0. The van der Waals surface area contributed by atoms with E-state index < -0.39 is 0 Å². The molecule has 0 aromatic carbocycles. The maximum absolute atomic E-state index is 3.51. The Morgan fingerprint density at radius 1 is 1.46 bits per heavy atom. The van der Waals surface area contributed by atoms with Crippen LogP contribution in [0.4, 0.5) is 5.00 Å². The van der Waals surface area contributed by atoms with Crippen LogP contribution in [0.15, 0.2) is 15.9 Å². The Hall–Kier alpha value is -0.0200. The zero-order valence-electron chi connectivity index (χ0n) is 7.79. The maximum atomic E-state index is 3.51. The molecule has 1 aliphatic heterocycles. The predicted molar refractivity (Wildman–Crippen MR) is 62.7 cm³/mol. The van der Waals surface area contributed by atoms with E-state index in [1.165, 1.54) is 34.6 Å². The molecule has 1 fully saturated rings. The molecule has 1 unspecified atom stereocenters. The van der Waals surface area contributed by atoms with Crippen molar-refractivity contribution in [1.82, 2.24) is 0 Å². The van der Waals surface area contributed by atoms with Crippen molar-refractivity contribution in [3.8, 4) is 0 Å².